The summed E-state index contributed by atoms with van der Waals surface area (Å²) in [6.07, 6.45) is 0. The number of amides is 2. The van der Waals surface area contributed by atoms with E-state index in [4.69, 9.17) is 24.4 Å². The second kappa shape index (κ2) is 15.7. The van der Waals surface area contributed by atoms with Crippen LogP contribution in [0.1, 0.15) is 70.8 Å². The van der Waals surface area contributed by atoms with Crippen molar-refractivity contribution in [2.24, 2.45) is 0 Å². The first-order valence-corrected chi connectivity index (χ1v) is 15.8. The number of carbonyl (C=O) groups excluding carboxylic acids is 2. The molecule has 47 heavy (non-hydrogen) atoms. The molecule has 0 atom stereocenters. The Labute approximate surface area is 287 Å². The normalized spacial score (nSPS) is 10.3. The van der Waals surface area contributed by atoms with E-state index in [2.05, 4.69) is 21.3 Å². The van der Waals surface area contributed by atoms with Gasteiger partial charge in [0.1, 0.15) is 11.5 Å². The highest BCUT2D eigenvalue weighted by Crippen LogP contribution is 2.33. The third-order valence-corrected chi connectivity index (χ3v) is 7.78. The van der Waals surface area contributed by atoms with Crippen molar-refractivity contribution in [2.45, 2.75) is 62.3 Å². The van der Waals surface area contributed by atoms with Crippen LogP contribution in [0.4, 0.5) is 11.4 Å². The van der Waals surface area contributed by atoms with Crippen LogP contribution < -0.4 is 21.3 Å². The van der Waals surface area contributed by atoms with Gasteiger partial charge in [0.05, 0.1) is 11.4 Å². The van der Waals surface area contributed by atoms with Gasteiger partial charge >= 0.3 is 0 Å². The van der Waals surface area contributed by atoms with Crippen molar-refractivity contribution in [1.82, 2.24) is 10.6 Å². The van der Waals surface area contributed by atoms with Gasteiger partial charge in [-0.3, -0.25) is 20.2 Å². The molecule has 0 fully saturated rings. The maximum absolute atomic E-state index is 12.3. The maximum Gasteiger partial charge on any atom is 0.257 e. The average molecular weight is 671 g/mol. The molecule has 0 aromatic heterocycles. The van der Waals surface area contributed by atoms with E-state index in [1.807, 2.05) is 98.7 Å². The van der Waals surface area contributed by atoms with Crippen LogP contribution >= 0.6 is 24.4 Å². The Hall–Kier alpha value is -4.80. The van der Waals surface area contributed by atoms with Gasteiger partial charge in [0, 0.05) is 11.1 Å². The number of thiocarbonyl (C=S) groups is 2. The Morgan fingerprint density at radius 1 is 0.511 bits per heavy atom. The summed E-state index contributed by atoms with van der Waals surface area (Å²) in [6, 6.07) is 16.8. The molecule has 0 bridgehead atoms. The van der Waals surface area contributed by atoms with Crippen molar-refractivity contribution in [1.29, 1.82) is 0 Å². The van der Waals surface area contributed by atoms with Crippen molar-refractivity contribution < 1.29 is 19.8 Å². The molecule has 0 saturated heterocycles. The van der Waals surface area contributed by atoms with Crippen LogP contribution in [0.15, 0.2) is 54.6 Å². The van der Waals surface area contributed by atoms with E-state index in [1.54, 1.807) is 18.2 Å². The number of nitrogens with one attached hydrogen (secondary N) is 4. The quantitative estimate of drug-likeness (QED) is 0.0961. The van der Waals surface area contributed by atoms with Gasteiger partial charge in [0.25, 0.3) is 11.8 Å². The fourth-order valence-electron chi connectivity index (χ4n) is 5.18. The molecule has 0 aliphatic carbocycles. The van der Waals surface area contributed by atoms with E-state index in [1.165, 1.54) is 0 Å². The van der Waals surface area contributed by atoms with E-state index < -0.39 is 0 Å². The predicted molar refractivity (Wildman–Crippen MR) is 199 cm³/mol. The zero-order valence-corrected chi connectivity index (χ0v) is 29.9. The minimum atomic E-state index is -0.279. The fraction of sp³-hybridized carbons (Fsp3) is 0.243. The lowest BCUT2D eigenvalue weighted by Gasteiger charge is -2.16. The number of anilines is 2. The monoisotopic (exact) mass is 670 g/mol. The SMILES string of the molecule is Cc1cc(C)cc(C(=O)NC(=S)Nc2c(C)cc(C)c(C)c2O)c1.Cc1cc(C)cc(C(=O)NC(=S)Nc2c(C)cc(C)cc2O)c1. The largest absolute Gasteiger partial charge is 0.506 e. The minimum absolute atomic E-state index is 0.102. The lowest BCUT2D eigenvalue weighted by molar-refractivity contribution is 0.0969. The van der Waals surface area contributed by atoms with Crippen LogP contribution in [0.3, 0.4) is 0 Å². The van der Waals surface area contributed by atoms with Gasteiger partial charge in [-0.1, -0.05) is 46.5 Å². The molecular formula is C37H42N4O4S2. The molecule has 6 N–H and O–H groups in total. The van der Waals surface area contributed by atoms with Gasteiger partial charge in [0.15, 0.2) is 10.2 Å². The molecule has 0 aliphatic heterocycles. The van der Waals surface area contributed by atoms with Crippen LogP contribution in [0.5, 0.6) is 11.5 Å². The summed E-state index contributed by atoms with van der Waals surface area (Å²) in [5, 5.41) is 31.7. The molecule has 4 rings (SSSR count). The summed E-state index contributed by atoms with van der Waals surface area (Å²) < 4.78 is 0. The highest BCUT2D eigenvalue weighted by Gasteiger charge is 2.15. The predicted octanol–water partition coefficient (Wildman–Crippen LogP) is 7.81. The molecule has 0 spiro atoms. The lowest BCUT2D eigenvalue weighted by atomic mass is 10.0. The smallest absolute Gasteiger partial charge is 0.257 e. The average Bonchev–Trinajstić information content (AvgIpc) is 2.95. The number of aryl methyl sites for hydroxylation is 8. The zero-order chi connectivity index (χ0) is 35.2. The molecule has 246 valence electrons. The van der Waals surface area contributed by atoms with Crippen molar-refractivity contribution >= 4 is 57.8 Å². The highest BCUT2D eigenvalue weighted by molar-refractivity contribution is 7.80. The molecule has 0 aliphatic rings. The van der Waals surface area contributed by atoms with Crippen molar-refractivity contribution in [3.63, 3.8) is 0 Å². The number of phenolic OH excluding ortho intramolecular Hbond substituents is 2. The summed E-state index contributed by atoms with van der Waals surface area (Å²) in [5.74, 6) is -0.306. The molecule has 8 nitrogen and oxygen atoms in total. The third-order valence-electron chi connectivity index (χ3n) is 7.37. The number of hydrogen-bond acceptors (Lipinski definition) is 6. The minimum Gasteiger partial charge on any atom is -0.506 e. The van der Waals surface area contributed by atoms with Gasteiger partial charge in [-0.15, -0.1) is 0 Å². The third kappa shape index (κ3) is 10.1. The van der Waals surface area contributed by atoms with Gasteiger partial charge in [-0.25, -0.2) is 0 Å². The van der Waals surface area contributed by atoms with Gasteiger partial charge < -0.3 is 20.8 Å². The number of phenols is 2. The van der Waals surface area contributed by atoms with Gasteiger partial charge in [0.2, 0.25) is 0 Å². The first-order valence-electron chi connectivity index (χ1n) is 15.0. The van der Waals surface area contributed by atoms with E-state index in [0.29, 0.717) is 22.5 Å². The van der Waals surface area contributed by atoms with Crippen LogP contribution in [-0.2, 0) is 0 Å². The maximum atomic E-state index is 12.3. The second-order valence-electron chi connectivity index (χ2n) is 11.9. The summed E-state index contributed by atoms with van der Waals surface area (Å²) in [5.41, 5.74) is 10.6. The van der Waals surface area contributed by atoms with E-state index in [9.17, 15) is 19.8 Å². The molecular weight excluding hydrogens is 629 g/mol. The van der Waals surface area contributed by atoms with Crippen LogP contribution in [0.2, 0.25) is 0 Å². The zero-order valence-electron chi connectivity index (χ0n) is 28.2. The van der Waals surface area contributed by atoms with Crippen molar-refractivity contribution in [3.05, 3.63) is 116 Å². The molecule has 0 heterocycles. The van der Waals surface area contributed by atoms with Crippen molar-refractivity contribution in [2.75, 3.05) is 10.6 Å². The molecule has 0 radical (unpaired) electrons. The molecule has 0 saturated carbocycles. The number of benzene rings is 4. The lowest BCUT2D eigenvalue weighted by Crippen LogP contribution is -2.34. The summed E-state index contributed by atoms with van der Waals surface area (Å²) in [4.78, 5) is 24.6. The number of rotatable bonds is 4. The first-order chi connectivity index (χ1) is 21.9. The van der Waals surface area contributed by atoms with E-state index in [0.717, 1.165) is 50.1 Å². The topological polar surface area (TPSA) is 123 Å². The van der Waals surface area contributed by atoms with Crippen LogP contribution in [0, 0.1) is 62.3 Å². The molecule has 10 heteroatoms. The van der Waals surface area contributed by atoms with Crippen molar-refractivity contribution in [3.8, 4) is 11.5 Å². The van der Waals surface area contributed by atoms with Gasteiger partial charge in [-0.2, -0.15) is 0 Å². The summed E-state index contributed by atoms with van der Waals surface area (Å²) in [7, 11) is 0. The Bertz CT molecular complexity index is 1820. The Kier molecular flexibility index (Phi) is 12.2. The number of hydrogen-bond donors (Lipinski definition) is 6. The Balaban J connectivity index is 0.000000256. The highest BCUT2D eigenvalue weighted by atomic mass is 32.1. The summed E-state index contributed by atoms with van der Waals surface area (Å²) in [6.45, 7) is 17.2. The summed E-state index contributed by atoms with van der Waals surface area (Å²) >= 11 is 10.4. The molecule has 4 aromatic rings. The Morgan fingerprint density at radius 3 is 1.32 bits per heavy atom. The first kappa shape index (κ1) is 36.7. The molecule has 0 unspecified atom stereocenters. The number of carbonyl (C=O) groups is 2. The molecule has 4 aromatic carbocycles. The van der Waals surface area contributed by atoms with Crippen LogP contribution in [0.25, 0.3) is 0 Å². The Morgan fingerprint density at radius 2 is 0.894 bits per heavy atom. The van der Waals surface area contributed by atoms with Crippen LogP contribution in [-0.4, -0.2) is 32.3 Å². The van der Waals surface area contributed by atoms with E-state index >= 15 is 0 Å². The molecule has 2 amide bonds. The second-order valence-corrected chi connectivity index (χ2v) is 12.7. The van der Waals surface area contributed by atoms with Gasteiger partial charge in [-0.05, 0) is 145 Å². The standard InChI is InChI=1S/C19H22N2O2S.C18H20N2O2S/c1-10-6-11(2)8-15(7-10)18(23)21-19(24)20-16-13(4)9-12(3)14(5)17(16)22;1-10-5-11(2)8-14(7-10)17(22)20-18(23)19-16-13(4)6-12(3)9-15(16)21/h6-9,22H,1-5H3,(H2,20,21,23,24);5-9,21H,1-4H3,(H2,19,20,22,23). The fourth-order valence-corrected chi connectivity index (χ4v) is 5.57. The number of aromatic hydroxyl groups is 2. The van der Waals surface area contributed by atoms with E-state index in [-0.39, 0.29) is 33.5 Å².